The van der Waals surface area contributed by atoms with Crippen LogP contribution in [0.25, 0.3) is 0 Å². The fourth-order valence-electron chi connectivity index (χ4n) is 2.81. The highest BCUT2D eigenvalue weighted by Crippen LogP contribution is 2.37. The maximum atomic E-state index is 12.0. The van der Waals surface area contributed by atoms with Crippen LogP contribution in [0.2, 0.25) is 10.2 Å². The van der Waals surface area contributed by atoms with E-state index in [4.69, 9.17) is 23.2 Å². The zero-order valence-electron chi connectivity index (χ0n) is 12.2. The Morgan fingerprint density at radius 3 is 2.86 bits per heavy atom. The molecule has 1 aliphatic rings. The molecule has 0 radical (unpaired) electrons. The Morgan fingerprint density at radius 1 is 1.57 bits per heavy atom. The van der Waals surface area contributed by atoms with Crippen LogP contribution in [0.5, 0.6) is 0 Å². The number of nitrogens with one attached hydrogen (secondary N) is 2. The summed E-state index contributed by atoms with van der Waals surface area (Å²) in [4.78, 5) is 12.0. The van der Waals surface area contributed by atoms with Crippen molar-refractivity contribution >= 4 is 29.2 Å². The van der Waals surface area contributed by atoms with Gasteiger partial charge in [-0.15, -0.1) is 0 Å². The zero-order valence-corrected chi connectivity index (χ0v) is 13.8. The molecular formula is C14H21Cl2N3O2. The van der Waals surface area contributed by atoms with Gasteiger partial charge in [-0.25, -0.2) is 4.79 Å². The smallest absolute Gasteiger partial charge is 0.315 e. The van der Waals surface area contributed by atoms with E-state index in [1.54, 1.807) is 17.7 Å². The number of amides is 2. The molecule has 2 amide bonds. The standard InChI is InChI=1S/C14H21Cl2N3O2/c1-14(8-20)5-3-4-11(14)18-13(21)17-7-9-6-10(15)12(16)19(9)2/h6,11,20H,3-5,7-8H2,1-2H3,(H2,17,18,21). The second-order valence-corrected chi connectivity index (χ2v) is 6.68. The average molecular weight is 334 g/mol. The molecule has 3 N–H and O–H groups in total. The monoisotopic (exact) mass is 333 g/mol. The Bertz CT molecular complexity index is 533. The first-order valence-electron chi connectivity index (χ1n) is 7.02. The highest BCUT2D eigenvalue weighted by atomic mass is 35.5. The predicted octanol–water partition coefficient (Wildman–Crippen LogP) is 2.68. The number of halogens is 2. The number of hydrogen-bond donors (Lipinski definition) is 3. The molecule has 2 rings (SSSR count). The maximum absolute atomic E-state index is 12.0. The van der Waals surface area contributed by atoms with Crippen molar-refractivity contribution < 1.29 is 9.90 Å². The minimum Gasteiger partial charge on any atom is -0.396 e. The lowest BCUT2D eigenvalue weighted by Gasteiger charge is -2.30. The van der Waals surface area contributed by atoms with Crippen molar-refractivity contribution in [3.63, 3.8) is 0 Å². The third-order valence-corrected chi connectivity index (χ3v) is 5.24. The Kier molecular flexibility index (Phi) is 5.07. The number of aliphatic hydroxyl groups is 1. The first-order valence-corrected chi connectivity index (χ1v) is 7.78. The number of aromatic nitrogens is 1. The van der Waals surface area contributed by atoms with E-state index in [-0.39, 0.29) is 24.1 Å². The molecule has 1 fully saturated rings. The predicted molar refractivity (Wildman–Crippen MR) is 83.6 cm³/mol. The van der Waals surface area contributed by atoms with Crippen LogP contribution in [0.4, 0.5) is 4.79 Å². The molecule has 21 heavy (non-hydrogen) atoms. The average Bonchev–Trinajstić information content (AvgIpc) is 2.93. The lowest BCUT2D eigenvalue weighted by molar-refractivity contribution is 0.121. The minimum absolute atomic E-state index is 0.00286. The van der Waals surface area contributed by atoms with Gasteiger partial charge in [0.2, 0.25) is 0 Å². The molecule has 1 heterocycles. The molecule has 0 saturated heterocycles. The molecule has 0 bridgehead atoms. The number of carbonyl (C=O) groups is 1. The highest BCUT2D eigenvalue weighted by molar-refractivity contribution is 6.41. The van der Waals surface area contributed by atoms with Crippen molar-refractivity contribution in [3.8, 4) is 0 Å². The van der Waals surface area contributed by atoms with E-state index in [1.165, 1.54) is 0 Å². The number of rotatable bonds is 4. The molecule has 2 unspecified atom stereocenters. The molecule has 1 aromatic rings. The zero-order chi connectivity index (χ0) is 15.6. The van der Waals surface area contributed by atoms with Gasteiger partial charge in [-0.3, -0.25) is 0 Å². The van der Waals surface area contributed by atoms with E-state index >= 15 is 0 Å². The summed E-state index contributed by atoms with van der Waals surface area (Å²) >= 11 is 11.9. The first-order chi connectivity index (χ1) is 9.87. The highest BCUT2D eigenvalue weighted by Gasteiger charge is 2.39. The Hall–Kier alpha value is -0.910. The van der Waals surface area contributed by atoms with Crippen LogP contribution in [-0.4, -0.2) is 28.4 Å². The van der Waals surface area contributed by atoms with Crippen molar-refractivity contribution in [1.29, 1.82) is 0 Å². The quantitative estimate of drug-likeness (QED) is 0.793. The summed E-state index contributed by atoms with van der Waals surface area (Å²) in [5.41, 5.74) is 0.603. The lowest BCUT2D eigenvalue weighted by Crippen LogP contribution is -2.48. The third kappa shape index (κ3) is 3.47. The number of hydrogen-bond acceptors (Lipinski definition) is 2. The lowest BCUT2D eigenvalue weighted by atomic mass is 9.86. The van der Waals surface area contributed by atoms with Gasteiger partial charge in [0.15, 0.2) is 0 Å². The second-order valence-electron chi connectivity index (χ2n) is 5.92. The number of urea groups is 1. The molecule has 0 aromatic carbocycles. The molecular weight excluding hydrogens is 313 g/mol. The summed E-state index contributed by atoms with van der Waals surface area (Å²) in [6.45, 7) is 2.43. The molecule has 2 atom stereocenters. The fraction of sp³-hybridized carbons (Fsp3) is 0.643. The molecule has 5 nitrogen and oxygen atoms in total. The SMILES string of the molecule is Cn1c(CNC(=O)NC2CCCC2(C)CO)cc(Cl)c1Cl. The molecule has 7 heteroatoms. The first kappa shape index (κ1) is 16.5. The summed E-state index contributed by atoms with van der Waals surface area (Å²) in [7, 11) is 1.79. The largest absolute Gasteiger partial charge is 0.396 e. The van der Waals surface area contributed by atoms with E-state index in [0.717, 1.165) is 25.0 Å². The van der Waals surface area contributed by atoms with Gasteiger partial charge in [-0.1, -0.05) is 36.5 Å². The van der Waals surface area contributed by atoms with Crippen molar-refractivity contribution in [2.75, 3.05) is 6.61 Å². The van der Waals surface area contributed by atoms with Gasteiger partial charge in [-0.05, 0) is 18.9 Å². The second kappa shape index (κ2) is 6.46. The van der Waals surface area contributed by atoms with Crippen LogP contribution in [0, 0.1) is 5.41 Å². The van der Waals surface area contributed by atoms with Gasteiger partial charge in [0, 0.05) is 24.2 Å². The van der Waals surface area contributed by atoms with E-state index in [9.17, 15) is 9.90 Å². The summed E-state index contributed by atoms with van der Waals surface area (Å²) < 4.78 is 1.73. The molecule has 1 saturated carbocycles. The number of carbonyl (C=O) groups excluding carboxylic acids is 1. The molecule has 0 spiro atoms. The minimum atomic E-state index is -0.241. The summed E-state index contributed by atoms with van der Waals surface area (Å²) in [6.07, 6.45) is 2.84. The maximum Gasteiger partial charge on any atom is 0.315 e. The van der Waals surface area contributed by atoms with Gasteiger partial charge in [-0.2, -0.15) is 0 Å². The van der Waals surface area contributed by atoms with Gasteiger partial charge >= 0.3 is 6.03 Å². The molecule has 1 aromatic heterocycles. The van der Waals surface area contributed by atoms with E-state index < -0.39 is 0 Å². The topological polar surface area (TPSA) is 66.3 Å². The van der Waals surface area contributed by atoms with Gasteiger partial charge in [0.05, 0.1) is 18.2 Å². The number of nitrogens with zero attached hydrogens (tertiary/aromatic N) is 1. The Labute approximate surface area is 134 Å². The fourth-order valence-corrected chi connectivity index (χ4v) is 3.22. The summed E-state index contributed by atoms with van der Waals surface area (Å²) in [6, 6.07) is 1.50. The van der Waals surface area contributed by atoms with Crippen LogP contribution in [-0.2, 0) is 13.6 Å². The van der Waals surface area contributed by atoms with Gasteiger partial charge in [0.25, 0.3) is 0 Å². The summed E-state index contributed by atoms with van der Waals surface area (Å²) in [5, 5.41) is 16.2. The van der Waals surface area contributed by atoms with Crippen LogP contribution < -0.4 is 10.6 Å². The molecule has 1 aliphatic carbocycles. The normalized spacial score (nSPS) is 25.1. The van der Waals surface area contributed by atoms with Crippen LogP contribution in [0.3, 0.4) is 0 Å². The van der Waals surface area contributed by atoms with Crippen molar-refractivity contribution in [2.45, 2.75) is 38.8 Å². The third-order valence-electron chi connectivity index (χ3n) is 4.39. The Morgan fingerprint density at radius 2 is 2.29 bits per heavy atom. The van der Waals surface area contributed by atoms with E-state index in [1.807, 2.05) is 6.92 Å². The van der Waals surface area contributed by atoms with Crippen molar-refractivity contribution in [1.82, 2.24) is 15.2 Å². The van der Waals surface area contributed by atoms with Crippen molar-refractivity contribution in [3.05, 3.63) is 21.9 Å². The molecule has 0 aliphatic heterocycles. The Balaban J connectivity index is 1.89. The van der Waals surface area contributed by atoms with E-state index in [0.29, 0.717) is 16.7 Å². The summed E-state index contributed by atoms with van der Waals surface area (Å²) in [5.74, 6) is 0. The van der Waals surface area contributed by atoms with Crippen LogP contribution in [0.1, 0.15) is 31.9 Å². The van der Waals surface area contributed by atoms with Crippen molar-refractivity contribution in [2.24, 2.45) is 12.5 Å². The molecule has 118 valence electrons. The van der Waals surface area contributed by atoms with Gasteiger partial charge < -0.3 is 20.3 Å². The van der Waals surface area contributed by atoms with E-state index in [2.05, 4.69) is 10.6 Å². The van der Waals surface area contributed by atoms with Gasteiger partial charge in [0.1, 0.15) is 5.15 Å². The van der Waals surface area contributed by atoms with Crippen LogP contribution in [0.15, 0.2) is 6.07 Å². The van der Waals surface area contributed by atoms with Crippen LogP contribution >= 0.6 is 23.2 Å². The number of aliphatic hydroxyl groups excluding tert-OH is 1.